The highest BCUT2D eigenvalue weighted by molar-refractivity contribution is 7.97. The first-order valence-corrected chi connectivity index (χ1v) is 9.84. The summed E-state index contributed by atoms with van der Waals surface area (Å²) in [6, 6.07) is 0. The first-order chi connectivity index (χ1) is 10.1. The average molecular weight is 356 g/mol. The fraction of sp³-hybridized carbons (Fsp3) is 0.800. The zero-order valence-electron chi connectivity index (χ0n) is 11.9. The van der Waals surface area contributed by atoms with E-state index in [1.165, 1.54) is 6.92 Å². The Morgan fingerprint density at radius 3 is 2.27 bits per heavy atom. The van der Waals surface area contributed by atoms with Crippen molar-refractivity contribution in [3.8, 4) is 0 Å². The number of fused-ring (bicyclic) bond motifs is 3. The van der Waals surface area contributed by atoms with Crippen LogP contribution in [0.25, 0.3) is 0 Å². The third-order valence-electron chi connectivity index (χ3n) is 3.69. The minimum atomic E-state index is -5.38. The number of hydrogen-bond acceptors (Lipinski definition) is 7. The fourth-order valence-electron chi connectivity index (χ4n) is 2.60. The molecular formula is C10H18N2O8P2. The topological polar surface area (TPSA) is 146 Å². The number of nitrogens with zero attached hydrogens (tertiary/aromatic N) is 2. The van der Waals surface area contributed by atoms with E-state index in [4.69, 9.17) is 14.5 Å². The second kappa shape index (κ2) is 6.39. The van der Waals surface area contributed by atoms with E-state index in [1.54, 1.807) is 0 Å². The largest absolute Gasteiger partial charge is 0.476 e. The van der Waals surface area contributed by atoms with Crippen LogP contribution in [0, 0.1) is 5.92 Å². The molecule has 22 heavy (non-hydrogen) atoms. The fourth-order valence-corrected chi connectivity index (χ4v) is 4.32. The zero-order valence-corrected chi connectivity index (χ0v) is 13.7. The Morgan fingerprint density at radius 2 is 1.82 bits per heavy atom. The number of ether oxygens (including phenoxy) is 1. The van der Waals surface area contributed by atoms with Crippen molar-refractivity contribution in [1.82, 2.24) is 4.90 Å². The predicted octanol–water partition coefficient (Wildman–Crippen LogP) is 0.930. The summed E-state index contributed by atoms with van der Waals surface area (Å²) in [6.07, 6.45) is 1.87. The maximum Gasteiger partial charge on any atom is 0.476 e. The number of oxime groups is 1. The lowest BCUT2D eigenvalue weighted by Crippen LogP contribution is -2.51. The molecule has 0 aromatic heterocycles. The van der Waals surface area contributed by atoms with Gasteiger partial charge in [-0.1, -0.05) is 0 Å². The van der Waals surface area contributed by atoms with Crippen LogP contribution in [0.3, 0.4) is 0 Å². The molecule has 0 radical (unpaired) electrons. The Kier molecular flexibility index (Phi) is 5.11. The molecule has 3 saturated heterocycles. The van der Waals surface area contributed by atoms with Crippen molar-refractivity contribution in [2.24, 2.45) is 11.1 Å². The minimum absolute atomic E-state index is 0.0773. The zero-order chi connectivity index (χ0) is 16.5. The molecule has 0 saturated carbocycles. The quantitative estimate of drug-likeness (QED) is 0.283. The molecule has 126 valence electrons. The van der Waals surface area contributed by atoms with E-state index in [-0.39, 0.29) is 12.0 Å². The molecule has 3 heterocycles. The lowest BCUT2D eigenvalue weighted by Gasteiger charge is -2.44. The molecule has 0 aromatic rings. The monoisotopic (exact) mass is 356 g/mol. The normalized spacial score (nSPS) is 31.5. The number of carbonyl (C=O) groups is 1. The van der Waals surface area contributed by atoms with Crippen LogP contribution in [-0.4, -0.2) is 56.5 Å². The second-order valence-electron chi connectivity index (χ2n) is 5.33. The number of piperidine rings is 3. The molecule has 2 atom stereocenters. The number of carbonyl (C=O) groups excluding carboxylic acids is 1. The van der Waals surface area contributed by atoms with Crippen molar-refractivity contribution in [2.75, 3.05) is 19.6 Å². The van der Waals surface area contributed by atoms with Crippen molar-refractivity contribution < 1.29 is 38.0 Å². The lowest BCUT2D eigenvalue weighted by molar-refractivity contribution is -0.0166. The maximum absolute atomic E-state index is 11.4. The van der Waals surface area contributed by atoms with E-state index in [9.17, 15) is 18.8 Å². The Hall–Kier alpha value is -0.760. The van der Waals surface area contributed by atoms with Crippen LogP contribution in [-0.2, 0) is 18.5 Å². The van der Waals surface area contributed by atoms with Gasteiger partial charge in [0.1, 0.15) is 6.10 Å². The summed E-state index contributed by atoms with van der Waals surface area (Å²) in [5, 5.41) is 1.01. The van der Waals surface area contributed by atoms with Crippen molar-refractivity contribution >= 4 is 26.4 Å². The van der Waals surface area contributed by atoms with Crippen LogP contribution in [0.4, 0.5) is 4.79 Å². The Bertz CT molecular complexity index is 565. The van der Waals surface area contributed by atoms with Crippen molar-refractivity contribution in [2.45, 2.75) is 25.9 Å². The molecule has 3 N–H and O–H groups in total. The van der Waals surface area contributed by atoms with E-state index in [0.29, 0.717) is 5.92 Å². The van der Waals surface area contributed by atoms with E-state index in [0.717, 1.165) is 32.5 Å². The third-order valence-corrected chi connectivity index (χ3v) is 6.51. The van der Waals surface area contributed by atoms with Gasteiger partial charge in [0.25, 0.3) is 0 Å². The molecule has 3 rings (SSSR count). The molecule has 3 aliphatic rings. The van der Waals surface area contributed by atoms with Gasteiger partial charge < -0.3 is 24.0 Å². The maximum atomic E-state index is 11.4. The van der Waals surface area contributed by atoms with Gasteiger partial charge in [-0.15, -0.1) is 0 Å². The van der Waals surface area contributed by atoms with Crippen LogP contribution in [0.1, 0.15) is 19.8 Å². The predicted molar refractivity (Wildman–Crippen MR) is 75.5 cm³/mol. The van der Waals surface area contributed by atoms with Gasteiger partial charge in [-0.25, -0.2) is 4.57 Å². The molecular weight excluding hydrogens is 338 g/mol. The summed E-state index contributed by atoms with van der Waals surface area (Å²) in [6.45, 7) is 4.12. The summed E-state index contributed by atoms with van der Waals surface area (Å²) >= 11 is 0. The van der Waals surface area contributed by atoms with E-state index in [2.05, 4.69) is 14.7 Å². The highest BCUT2D eigenvalue weighted by Gasteiger charge is 2.46. The van der Waals surface area contributed by atoms with Gasteiger partial charge in [-0.2, -0.15) is 0 Å². The van der Waals surface area contributed by atoms with E-state index < -0.39 is 20.5 Å². The van der Waals surface area contributed by atoms with Gasteiger partial charge in [-0.05, 0) is 37.0 Å². The third kappa shape index (κ3) is 4.16. The van der Waals surface area contributed by atoms with Crippen LogP contribution in [0.5, 0.6) is 0 Å². The summed E-state index contributed by atoms with van der Waals surface area (Å²) in [4.78, 5) is 39.7. The minimum Gasteiger partial charge on any atom is -0.474 e. The van der Waals surface area contributed by atoms with Gasteiger partial charge in [0, 0.05) is 13.5 Å². The summed E-state index contributed by atoms with van der Waals surface area (Å²) in [5.74, 6) is 0.291. The molecule has 0 aromatic carbocycles. The summed E-state index contributed by atoms with van der Waals surface area (Å²) in [5.41, 5.74) is 0. The second-order valence-corrected chi connectivity index (χ2v) is 8.79. The number of rotatable bonds is 5. The Morgan fingerprint density at radius 1 is 1.23 bits per heavy atom. The summed E-state index contributed by atoms with van der Waals surface area (Å²) < 4.78 is 31.7. The number of hydrogen-bond donors (Lipinski definition) is 3. The molecule has 2 unspecified atom stereocenters. The van der Waals surface area contributed by atoms with Gasteiger partial charge in [0.15, 0.2) is 0 Å². The molecule has 10 nitrogen and oxygen atoms in total. The molecule has 0 amide bonds. The molecule has 3 fully saturated rings. The highest BCUT2D eigenvalue weighted by Crippen LogP contribution is 2.58. The molecule has 0 aliphatic carbocycles. The summed E-state index contributed by atoms with van der Waals surface area (Å²) in [7, 11) is -10.6. The van der Waals surface area contributed by atoms with Crippen LogP contribution >= 0.6 is 15.2 Å². The van der Waals surface area contributed by atoms with E-state index >= 15 is 0 Å². The standard InChI is InChI=1S/C10H18N2O8P2/c1-7(11-20-22(17,18)10(13)21(14,15)16)19-9-6-12-4-2-8(9)3-5-12/h8-9H,2-6H2,1H3,(H,17,18)(H2,14,15,16)/b11-7+. The van der Waals surface area contributed by atoms with Gasteiger partial charge >= 0.3 is 20.5 Å². The van der Waals surface area contributed by atoms with Crippen LogP contribution < -0.4 is 0 Å². The highest BCUT2D eigenvalue weighted by atomic mass is 31.2. The average Bonchev–Trinajstić information content (AvgIpc) is 2.45. The van der Waals surface area contributed by atoms with Crippen molar-refractivity contribution in [1.29, 1.82) is 0 Å². The van der Waals surface area contributed by atoms with Crippen LogP contribution in [0.15, 0.2) is 5.16 Å². The first-order valence-electron chi connectivity index (χ1n) is 6.65. The first kappa shape index (κ1) is 17.6. The Balaban J connectivity index is 1.94. The van der Waals surface area contributed by atoms with E-state index in [1.807, 2.05) is 0 Å². The van der Waals surface area contributed by atoms with Gasteiger partial charge in [0.05, 0.1) is 0 Å². The SMILES string of the molecule is C/C(=N\OP(=O)(O)C(=O)P(=O)(O)O)OC1CN2CCC1CC2. The molecule has 3 aliphatic heterocycles. The van der Waals surface area contributed by atoms with Crippen molar-refractivity contribution in [3.63, 3.8) is 0 Å². The Labute approximate surface area is 126 Å². The smallest absolute Gasteiger partial charge is 0.474 e. The molecule has 2 bridgehead atoms. The van der Waals surface area contributed by atoms with Crippen LogP contribution in [0.2, 0.25) is 0 Å². The molecule has 0 spiro atoms. The van der Waals surface area contributed by atoms with Crippen molar-refractivity contribution in [3.05, 3.63) is 0 Å². The lowest BCUT2D eigenvalue weighted by atomic mass is 9.86. The molecule has 12 heteroatoms. The van der Waals surface area contributed by atoms with Gasteiger partial charge in [0.2, 0.25) is 5.90 Å². The van der Waals surface area contributed by atoms with Gasteiger partial charge in [-0.3, -0.25) is 14.3 Å².